The zero-order chi connectivity index (χ0) is 20.9. The van der Waals surface area contributed by atoms with Crippen LogP contribution in [0.5, 0.6) is 5.75 Å². The molecule has 1 N–H and O–H groups in total. The van der Waals surface area contributed by atoms with Gasteiger partial charge in [0.2, 0.25) is 10.0 Å². The fraction of sp³-hybridized carbons (Fsp3) is 0.278. The second-order valence-corrected chi connectivity index (χ2v) is 9.77. The minimum absolute atomic E-state index is 0.00853. The molecule has 0 saturated carbocycles. The van der Waals surface area contributed by atoms with Crippen molar-refractivity contribution in [2.75, 3.05) is 6.26 Å². The number of alkyl halides is 2. The largest absolute Gasteiger partial charge is 0.434 e. The lowest BCUT2D eigenvalue weighted by Crippen LogP contribution is -2.26. The first-order valence-corrected chi connectivity index (χ1v) is 11.6. The van der Waals surface area contributed by atoms with Gasteiger partial charge in [-0.2, -0.15) is 8.78 Å². The highest BCUT2D eigenvalue weighted by Gasteiger charge is 2.38. The molecule has 0 spiro atoms. The van der Waals surface area contributed by atoms with Gasteiger partial charge in [0, 0.05) is 15.1 Å². The number of fused-ring (bicyclic) bond motifs is 3. The van der Waals surface area contributed by atoms with Gasteiger partial charge in [0.25, 0.3) is 0 Å². The van der Waals surface area contributed by atoms with E-state index in [4.69, 9.17) is 16.3 Å². The van der Waals surface area contributed by atoms with Crippen LogP contribution in [-0.2, 0) is 10.0 Å². The van der Waals surface area contributed by atoms with Gasteiger partial charge in [-0.3, -0.25) is 0 Å². The Balaban J connectivity index is 1.93. The molecule has 2 aromatic carbocycles. The number of aromatic nitrogens is 2. The Morgan fingerprint density at radius 2 is 2.10 bits per heavy atom. The summed E-state index contributed by atoms with van der Waals surface area (Å²) in [7, 11) is -3.53. The molecular formula is C18H15BrClF2N3O3S. The Bertz CT molecular complexity index is 1200. The number of nitrogens with one attached hydrogen (secondary N) is 1. The van der Waals surface area contributed by atoms with Crippen molar-refractivity contribution in [3.63, 3.8) is 0 Å². The minimum Gasteiger partial charge on any atom is -0.434 e. The van der Waals surface area contributed by atoms with E-state index in [1.54, 1.807) is 30.3 Å². The number of rotatable bonds is 5. The molecule has 0 amide bonds. The van der Waals surface area contributed by atoms with Crippen LogP contribution in [0.3, 0.4) is 0 Å². The zero-order valence-corrected chi connectivity index (χ0v) is 18.1. The Kier molecular flexibility index (Phi) is 5.30. The van der Waals surface area contributed by atoms with Crippen LogP contribution in [0, 0.1) is 0 Å². The van der Waals surface area contributed by atoms with Crippen LogP contribution >= 0.6 is 27.5 Å². The molecule has 3 aromatic rings. The third-order valence-corrected chi connectivity index (χ3v) is 6.32. The van der Waals surface area contributed by atoms with Gasteiger partial charge in [0.05, 0.1) is 29.4 Å². The molecule has 11 heteroatoms. The first kappa shape index (κ1) is 20.5. The van der Waals surface area contributed by atoms with E-state index in [1.165, 1.54) is 6.07 Å². The van der Waals surface area contributed by atoms with Gasteiger partial charge in [-0.15, -0.1) is 0 Å². The molecule has 2 heterocycles. The number of halogens is 4. The van der Waals surface area contributed by atoms with Crippen LogP contribution in [-0.4, -0.2) is 30.8 Å². The summed E-state index contributed by atoms with van der Waals surface area (Å²) in [5.41, 5.74) is 1.78. The molecule has 0 unspecified atom stereocenters. The zero-order valence-electron chi connectivity index (χ0n) is 14.9. The number of imidazole rings is 1. The molecule has 0 aliphatic carbocycles. The molecule has 0 bridgehead atoms. The summed E-state index contributed by atoms with van der Waals surface area (Å²) in [4.78, 5) is 4.57. The maximum absolute atomic E-state index is 13.0. The van der Waals surface area contributed by atoms with Crippen LogP contribution in [0.25, 0.3) is 11.0 Å². The molecule has 0 radical (unpaired) electrons. The van der Waals surface area contributed by atoms with Crippen molar-refractivity contribution < 1.29 is 21.9 Å². The summed E-state index contributed by atoms with van der Waals surface area (Å²) in [5.74, 6) is 0.491. The van der Waals surface area contributed by atoms with Crippen LogP contribution < -0.4 is 9.46 Å². The first-order chi connectivity index (χ1) is 13.6. The van der Waals surface area contributed by atoms with E-state index < -0.39 is 28.7 Å². The summed E-state index contributed by atoms with van der Waals surface area (Å²) >= 11 is 9.58. The normalized spacial score (nSPS) is 19.1. The van der Waals surface area contributed by atoms with E-state index in [0.29, 0.717) is 31.9 Å². The Morgan fingerprint density at radius 3 is 2.79 bits per heavy atom. The third kappa shape index (κ3) is 3.98. The van der Waals surface area contributed by atoms with Gasteiger partial charge in [0.1, 0.15) is 11.6 Å². The van der Waals surface area contributed by atoms with E-state index in [9.17, 15) is 17.2 Å². The molecule has 1 aliphatic heterocycles. The van der Waals surface area contributed by atoms with Crippen LogP contribution in [0.2, 0.25) is 5.02 Å². The lowest BCUT2D eigenvalue weighted by molar-refractivity contribution is -0.0507. The number of hydrogen-bond donors (Lipinski definition) is 1. The van der Waals surface area contributed by atoms with Gasteiger partial charge in [-0.25, -0.2) is 18.1 Å². The van der Waals surface area contributed by atoms with Crippen molar-refractivity contribution in [3.05, 3.63) is 57.3 Å². The van der Waals surface area contributed by atoms with E-state index in [2.05, 4.69) is 25.6 Å². The van der Waals surface area contributed by atoms with E-state index in [1.807, 2.05) is 4.57 Å². The van der Waals surface area contributed by atoms with Gasteiger partial charge in [-0.05, 0) is 36.8 Å². The lowest BCUT2D eigenvalue weighted by Gasteiger charge is -2.20. The monoisotopic (exact) mass is 505 g/mol. The van der Waals surface area contributed by atoms with E-state index >= 15 is 0 Å². The van der Waals surface area contributed by atoms with Crippen LogP contribution in [0.1, 0.15) is 29.9 Å². The Morgan fingerprint density at radius 1 is 1.34 bits per heavy atom. The summed E-state index contributed by atoms with van der Waals surface area (Å²) < 4.78 is 59.5. The number of nitrogens with zero attached hydrogens (tertiary/aromatic N) is 2. The smallest absolute Gasteiger partial charge is 0.387 e. The molecule has 4 rings (SSSR count). The molecule has 1 aromatic heterocycles. The maximum atomic E-state index is 13.0. The molecule has 154 valence electrons. The lowest BCUT2D eigenvalue weighted by atomic mass is 10.0. The van der Waals surface area contributed by atoms with Gasteiger partial charge in [0.15, 0.2) is 0 Å². The van der Waals surface area contributed by atoms with Gasteiger partial charge in [-0.1, -0.05) is 33.6 Å². The quantitative estimate of drug-likeness (QED) is 0.547. The number of benzene rings is 2. The second kappa shape index (κ2) is 7.50. The van der Waals surface area contributed by atoms with Gasteiger partial charge >= 0.3 is 6.61 Å². The maximum Gasteiger partial charge on any atom is 0.387 e. The Labute approximate surface area is 179 Å². The summed E-state index contributed by atoms with van der Waals surface area (Å²) in [5, 5.41) is 0.481. The summed E-state index contributed by atoms with van der Waals surface area (Å²) in [6.07, 6.45) is 1.34. The van der Waals surface area contributed by atoms with Crippen LogP contribution in [0.15, 0.2) is 40.9 Å². The minimum atomic E-state index is -3.53. The first-order valence-electron chi connectivity index (χ1n) is 8.52. The van der Waals surface area contributed by atoms with Crippen molar-refractivity contribution in [3.8, 4) is 5.75 Å². The predicted molar refractivity (Wildman–Crippen MR) is 109 cm³/mol. The highest BCUT2D eigenvalue weighted by molar-refractivity contribution is 9.10. The van der Waals surface area contributed by atoms with Crippen molar-refractivity contribution >= 4 is 48.6 Å². The van der Waals surface area contributed by atoms with Crippen LogP contribution in [0.4, 0.5) is 8.78 Å². The molecule has 2 atom stereocenters. The highest BCUT2D eigenvalue weighted by atomic mass is 79.9. The highest BCUT2D eigenvalue weighted by Crippen LogP contribution is 2.46. The predicted octanol–water partition coefficient (Wildman–Crippen LogP) is 4.64. The third-order valence-electron chi connectivity index (χ3n) is 4.68. The fourth-order valence-electron chi connectivity index (χ4n) is 3.74. The van der Waals surface area contributed by atoms with Crippen molar-refractivity contribution in [2.24, 2.45) is 0 Å². The molecule has 29 heavy (non-hydrogen) atoms. The molecular weight excluding hydrogens is 492 g/mol. The summed E-state index contributed by atoms with van der Waals surface area (Å²) in [6, 6.07) is 8.76. The summed E-state index contributed by atoms with van der Waals surface area (Å²) in [6.45, 7) is -3.00. The average molecular weight is 507 g/mol. The van der Waals surface area contributed by atoms with E-state index in [-0.39, 0.29) is 12.2 Å². The second-order valence-electron chi connectivity index (χ2n) is 6.70. The van der Waals surface area contributed by atoms with Gasteiger partial charge < -0.3 is 9.30 Å². The van der Waals surface area contributed by atoms with Crippen molar-refractivity contribution in [1.82, 2.24) is 14.3 Å². The number of hydrogen-bond acceptors (Lipinski definition) is 4. The van der Waals surface area contributed by atoms with E-state index in [0.717, 1.165) is 6.26 Å². The Hall–Kier alpha value is -1.75. The molecule has 0 fully saturated rings. The average Bonchev–Trinajstić information content (AvgIpc) is 3.11. The number of sulfonamides is 1. The topological polar surface area (TPSA) is 73.2 Å². The number of ether oxygens (including phenoxy) is 1. The molecule has 1 aliphatic rings. The van der Waals surface area contributed by atoms with Crippen molar-refractivity contribution in [1.29, 1.82) is 0 Å². The van der Waals surface area contributed by atoms with Crippen molar-refractivity contribution in [2.45, 2.75) is 25.1 Å². The molecule has 0 saturated heterocycles. The standard InChI is InChI=1S/C18H15BrClF2N3O3S/c1-29(26,27)24-12-8-14(16-10(19)3-2-4-15(16)28-18(21)22)25-13-7-9(20)5-6-11(13)23-17(12)25/h2-7,12,14,18,24H,8H2,1H3/t12-,14-/m1/s1. The SMILES string of the molecule is CS(=O)(=O)N[C@@H]1C[C@H](c2c(Br)cccc2OC(F)F)n2c1nc1ccc(Cl)cc12. The molecule has 6 nitrogen and oxygen atoms in total. The fourth-order valence-corrected chi connectivity index (χ4v) is 5.23.